The van der Waals surface area contributed by atoms with Crippen molar-refractivity contribution in [1.82, 2.24) is 15.1 Å². The summed E-state index contributed by atoms with van der Waals surface area (Å²) in [6, 6.07) is 1.72. The second kappa shape index (κ2) is 5.71. The van der Waals surface area contributed by atoms with Crippen molar-refractivity contribution in [3.8, 4) is 11.5 Å². The van der Waals surface area contributed by atoms with Gasteiger partial charge in [0, 0.05) is 12.4 Å². The van der Waals surface area contributed by atoms with E-state index >= 15 is 0 Å². The van der Waals surface area contributed by atoms with Crippen LogP contribution < -0.4 is 5.73 Å². The molecule has 1 unspecified atom stereocenters. The highest BCUT2D eigenvalue weighted by atomic mass is 35.5. The predicted molar refractivity (Wildman–Crippen MR) is 77.7 cm³/mol. The van der Waals surface area contributed by atoms with Crippen LogP contribution in [0, 0.1) is 0 Å². The van der Waals surface area contributed by atoms with Crippen LogP contribution in [-0.4, -0.2) is 27.8 Å². The molecule has 1 atom stereocenters. The predicted octanol–water partition coefficient (Wildman–Crippen LogP) is 2.53. The molecule has 2 heterocycles. The van der Waals surface area contributed by atoms with E-state index in [0.717, 1.165) is 12.8 Å². The van der Waals surface area contributed by atoms with E-state index in [1.807, 2.05) is 6.92 Å². The summed E-state index contributed by atoms with van der Waals surface area (Å²) in [5, 5.41) is 4.41. The van der Waals surface area contributed by atoms with E-state index in [-0.39, 0.29) is 0 Å². The maximum Gasteiger partial charge on any atom is 0.259 e. The monoisotopic (exact) mass is 308 g/mol. The number of nitrogens with zero attached hydrogens (tertiary/aromatic N) is 3. The van der Waals surface area contributed by atoms with E-state index in [1.165, 1.54) is 12.6 Å². The number of hydrogen-bond acceptors (Lipinski definition) is 6. The van der Waals surface area contributed by atoms with E-state index in [4.69, 9.17) is 26.6 Å². The van der Waals surface area contributed by atoms with Crippen molar-refractivity contribution < 1.29 is 9.26 Å². The highest BCUT2D eigenvalue weighted by Crippen LogP contribution is 2.28. The molecule has 0 saturated heterocycles. The smallest absolute Gasteiger partial charge is 0.259 e. The van der Waals surface area contributed by atoms with Crippen LogP contribution >= 0.6 is 11.6 Å². The van der Waals surface area contributed by atoms with Crippen LogP contribution in [0.15, 0.2) is 23.0 Å². The van der Waals surface area contributed by atoms with Gasteiger partial charge in [-0.05, 0) is 32.3 Å². The van der Waals surface area contributed by atoms with Crippen LogP contribution in [0.1, 0.15) is 32.0 Å². The van der Waals surface area contributed by atoms with Gasteiger partial charge in [0.2, 0.25) is 0 Å². The van der Waals surface area contributed by atoms with Gasteiger partial charge < -0.3 is 15.0 Å². The Morgan fingerprint density at radius 2 is 2.33 bits per heavy atom. The van der Waals surface area contributed by atoms with E-state index in [0.29, 0.717) is 35.0 Å². The van der Waals surface area contributed by atoms with Crippen molar-refractivity contribution in [3.05, 3.63) is 29.3 Å². The Labute approximate surface area is 127 Å². The number of pyridine rings is 1. The number of nitrogens with two attached hydrogens (primary N) is 1. The van der Waals surface area contributed by atoms with Gasteiger partial charge in [0.25, 0.3) is 5.89 Å². The largest absolute Gasteiger partial charge is 0.376 e. The highest BCUT2D eigenvalue weighted by molar-refractivity contribution is 6.32. The first kappa shape index (κ1) is 14.4. The molecule has 6 nitrogen and oxygen atoms in total. The SMILES string of the molecule is CC(N)(COC1CCC1)c1noc(-c2ccncc2Cl)n1. The lowest BCUT2D eigenvalue weighted by Crippen LogP contribution is -2.41. The Morgan fingerprint density at radius 1 is 1.52 bits per heavy atom. The minimum Gasteiger partial charge on any atom is -0.376 e. The number of hydrogen-bond donors (Lipinski definition) is 1. The lowest BCUT2D eigenvalue weighted by Gasteiger charge is -2.29. The van der Waals surface area contributed by atoms with Crippen LogP contribution in [0.4, 0.5) is 0 Å². The zero-order chi connectivity index (χ0) is 14.9. The second-order valence-electron chi connectivity index (χ2n) is 5.56. The molecule has 7 heteroatoms. The Kier molecular flexibility index (Phi) is 3.93. The van der Waals surface area contributed by atoms with Crippen LogP contribution in [-0.2, 0) is 10.3 Å². The summed E-state index contributed by atoms with van der Waals surface area (Å²) in [6.45, 7) is 2.19. The van der Waals surface area contributed by atoms with Gasteiger partial charge in [-0.2, -0.15) is 4.98 Å². The molecule has 21 heavy (non-hydrogen) atoms. The summed E-state index contributed by atoms with van der Waals surface area (Å²) in [5.74, 6) is 0.738. The fourth-order valence-electron chi connectivity index (χ4n) is 2.01. The van der Waals surface area contributed by atoms with Crippen LogP contribution in [0.25, 0.3) is 11.5 Å². The lowest BCUT2D eigenvalue weighted by molar-refractivity contribution is -0.0222. The van der Waals surface area contributed by atoms with E-state index < -0.39 is 5.54 Å². The first-order chi connectivity index (χ1) is 10.1. The third kappa shape index (κ3) is 3.07. The molecule has 0 aliphatic heterocycles. The maximum atomic E-state index is 6.24. The van der Waals surface area contributed by atoms with Crippen molar-refractivity contribution in [1.29, 1.82) is 0 Å². The maximum absolute atomic E-state index is 6.24. The van der Waals surface area contributed by atoms with Crippen LogP contribution in [0.2, 0.25) is 5.02 Å². The molecule has 2 aromatic rings. The average Bonchev–Trinajstić information content (AvgIpc) is 2.87. The zero-order valence-electron chi connectivity index (χ0n) is 11.8. The summed E-state index contributed by atoms with van der Waals surface area (Å²) in [4.78, 5) is 8.26. The molecule has 1 aliphatic carbocycles. The molecule has 0 aromatic carbocycles. The van der Waals surface area contributed by atoms with Crippen molar-refractivity contribution in [2.75, 3.05) is 6.61 Å². The quantitative estimate of drug-likeness (QED) is 0.913. The van der Waals surface area contributed by atoms with Crippen molar-refractivity contribution in [3.63, 3.8) is 0 Å². The number of rotatable bonds is 5. The third-order valence-corrected chi connectivity index (χ3v) is 3.91. The van der Waals surface area contributed by atoms with Gasteiger partial charge >= 0.3 is 0 Å². The second-order valence-corrected chi connectivity index (χ2v) is 5.97. The molecule has 2 aromatic heterocycles. The highest BCUT2D eigenvalue weighted by Gasteiger charge is 2.31. The molecular weight excluding hydrogens is 292 g/mol. The van der Waals surface area contributed by atoms with Crippen molar-refractivity contribution in [2.45, 2.75) is 37.8 Å². The van der Waals surface area contributed by atoms with Gasteiger partial charge in [0.15, 0.2) is 5.82 Å². The summed E-state index contributed by atoms with van der Waals surface area (Å²) >= 11 is 6.07. The molecule has 2 N–H and O–H groups in total. The van der Waals surface area contributed by atoms with E-state index in [2.05, 4.69) is 15.1 Å². The Bertz CT molecular complexity index is 625. The number of halogens is 1. The number of ether oxygens (including phenoxy) is 1. The van der Waals surface area contributed by atoms with Gasteiger partial charge in [-0.1, -0.05) is 16.8 Å². The number of aromatic nitrogens is 3. The molecule has 0 bridgehead atoms. The molecule has 3 rings (SSSR count). The Hall–Kier alpha value is -1.50. The fourth-order valence-corrected chi connectivity index (χ4v) is 2.21. The van der Waals surface area contributed by atoms with Gasteiger partial charge in [-0.25, -0.2) is 0 Å². The molecule has 0 amide bonds. The molecule has 1 saturated carbocycles. The third-order valence-electron chi connectivity index (χ3n) is 3.61. The lowest BCUT2D eigenvalue weighted by atomic mass is 9.95. The fraction of sp³-hybridized carbons (Fsp3) is 0.500. The molecule has 0 spiro atoms. The van der Waals surface area contributed by atoms with E-state index in [9.17, 15) is 0 Å². The van der Waals surface area contributed by atoms with Crippen LogP contribution in [0.3, 0.4) is 0 Å². The summed E-state index contributed by atoms with van der Waals surface area (Å²) in [5.41, 5.74) is 6.08. The molecule has 112 valence electrons. The first-order valence-corrected chi connectivity index (χ1v) is 7.28. The minimum absolute atomic E-state index is 0.314. The molecular formula is C14H17ClN4O2. The Balaban J connectivity index is 1.75. The topological polar surface area (TPSA) is 87.1 Å². The average molecular weight is 309 g/mol. The first-order valence-electron chi connectivity index (χ1n) is 6.91. The zero-order valence-corrected chi connectivity index (χ0v) is 12.5. The van der Waals surface area contributed by atoms with Crippen molar-refractivity contribution >= 4 is 11.6 Å². The summed E-state index contributed by atoms with van der Waals surface area (Å²) in [6.07, 6.45) is 6.88. The van der Waals surface area contributed by atoms with Gasteiger partial charge in [0.05, 0.1) is 23.3 Å². The summed E-state index contributed by atoms with van der Waals surface area (Å²) in [7, 11) is 0. The van der Waals surface area contributed by atoms with E-state index in [1.54, 1.807) is 12.3 Å². The normalized spacial score (nSPS) is 18.2. The van der Waals surface area contributed by atoms with Crippen molar-refractivity contribution in [2.24, 2.45) is 5.73 Å². The minimum atomic E-state index is -0.795. The summed E-state index contributed by atoms with van der Waals surface area (Å²) < 4.78 is 11.0. The molecule has 1 fully saturated rings. The Morgan fingerprint density at radius 3 is 3.00 bits per heavy atom. The molecule has 1 aliphatic rings. The van der Waals surface area contributed by atoms with Gasteiger partial charge in [-0.15, -0.1) is 0 Å². The van der Waals surface area contributed by atoms with Crippen LogP contribution in [0.5, 0.6) is 0 Å². The van der Waals surface area contributed by atoms with Gasteiger partial charge in [0.1, 0.15) is 5.54 Å². The standard InChI is InChI=1S/C14H17ClN4O2/c1-14(16,8-20-9-3-2-4-9)13-18-12(21-19-13)10-5-6-17-7-11(10)15/h5-7,9H,2-4,8,16H2,1H3. The molecule has 0 radical (unpaired) electrons. The van der Waals surface area contributed by atoms with Gasteiger partial charge in [-0.3, -0.25) is 4.98 Å².